The Morgan fingerprint density at radius 1 is 1.46 bits per heavy atom. The predicted molar refractivity (Wildman–Crippen MR) is 42.1 cm³/mol. The molecule has 0 saturated carbocycles. The molecule has 3 nitrogen and oxygen atoms in total. The first kappa shape index (κ1) is 8.19. The second-order valence-electron chi connectivity index (χ2n) is 2.67. The molecular weight excluding hydrogens is 175 g/mol. The third-order valence-corrected chi connectivity index (χ3v) is 1.89. The molecule has 0 unspecified atom stereocenters. The second-order valence-corrected chi connectivity index (χ2v) is 2.67. The minimum Gasteiger partial charge on any atom is -0.466 e. The number of hydrogen-bond donors (Lipinski definition) is 0. The molecule has 68 valence electrons. The first-order valence-corrected chi connectivity index (χ1v) is 3.80. The lowest BCUT2D eigenvalue weighted by molar-refractivity contribution is -0.0185. The summed E-state index contributed by atoms with van der Waals surface area (Å²) in [5, 5.41) is 0. The van der Waals surface area contributed by atoms with E-state index in [-0.39, 0.29) is 13.4 Å². The quantitative estimate of drug-likeness (QED) is 0.617. The lowest BCUT2D eigenvalue weighted by atomic mass is 10.1. The molecule has 4 heteroatoms. The zero-order valence-electron chi connectivity index (χ0n) is 6.75. The molecule has 0 aliphatic carbocycles. The molecule has 0 spiro atoms. The molecule has 0 aromatic heterocycles. The molecule has 1 heterocycles. The van der Waals surface area contributed by atoms with Gasteiger partial charge >= 0.3 is 0 Å². The van der Waals surface area contributed by atoms with Crippen LogP contribution in [0, 0.1) is 5.82 Å². The van der Waals surface area contributed by atoms with Crippen molar-refractivity contribution >= 4 is 6.29 Å². The van der Waals surface area contributed by atoms with Gasteiger partial charge in [-0.3, -0.25) is 4.79 Å². The van der Waals surface area contributed by atoms with Crippen LogP contribution in [0.5, 0.6) is 5.75 Å². The highest BCUT2D eigenvalue weighted by molar-refractivity contribution is 5.80. The van der Waals surface area contributed by atoms with Crippen LogP contribution in [-0.2, 0) is 11.3 Å². The van der Waals surface area contributed by atoms with Gasteiger partial charge in [0.1, 0.15) is 11.6 Å². The zero-order chi connectivity index (χ0) is 9.26. The molecule has 0 bridgehead atoms. The Bertz CT molecular complexity index is 349. The number of rotatable bonds is 1. The fourth-order valence-electron chi connectivity index (χ4n) is 1.26. The molecule has 1 aliphatic heterocycles. The number of hydrogen-bond acceptors (Lipinski definition) is 3. The van der Waals surface area contributed by atoms with Gasteiger partial charge in [0.25, 0.3) is 0 Å². The maximum Gasteiger partial charge on any atom is 0.189 e. The lowest BCUT2D eigenvalue weighted by Crippen LogP contribution is -2.14. The Hall–Kier alpha value is -1.42. The van der Waals surface area contributed by atoms with Crippen LogP contribution in [-0.4, -0.2) is 13.1 Å². The summed E-state index contributed by atoms with van der Waals surface area (Å²) in [6, 6.07) is 2.63. The molecule has 0 fully saturated rings. The van der Waals surface area contributed by atoms with Gasteiger partial charge in [0, 0.05) is 0 Å². The van der Waals surface area contributed by atoms with E-state index in [0.717, 1.165) is 0 Å². The molecule has 0 atom stereocenters. The van der Waals surface area contributed by atoms with Crippen molar-refractivity contribution in [2.45, 2.75) is 6.61 Å². The highest BCUT2D eigenvalue weighted by Crippen LogP contribution is 2.29. The zero-order valence-corrected chi connectivity index (χ0v) is 6.75. The second kappa shape index (κ2) is 3.14. The number of halogens is 1. The summed E-state index contributed by atoms with van der Waals surface area (Å²) in [6.07, 6.45) is 0.642. The number of benzene rings is 1. The fourth-order valence-corrected chi connectivity index (χ4v) is 1.26. The third kappa shape index (κ3) is 1.29. The van der Waals surface area contributed by atoms with E-state index in [1.165, 1.54) is 12.1 Å². The molecule has 1 aromatic rings. The normalized spacial score (nSPS) is 14.5. The molecule has 0 radical (unpaired) electrons. The van der Waals surface area contributed by atoms with Crippen LogP contribution >= 0.6 is 0 Å². The van der Waals surface area contributed by atoms with Gasteiger partial charge in [0.15, 0.2) is 13.1 Å². The molecular formula is C9H7FO3. The van der Waals surface area contributed by atoms with Crippen LogP contribution < -0.4 is 4.74 Å². The summed E-state index contributed by atoms with van der Waals surface area (Å²) in [5.41, 5.74) is 0.676. The van der Waals surface area contributed by atoms with Crippen molar-refractivity contribution in [3.8, 4) is 5.75 Å². The van der Waals surface area contributed by atoms with Crippen molar-refractivity contribution in [3.05, 3.63) is 29.1 Å². The van der Waals surface area contributed by atoms with E-state index in [1.54, 1.807) is 0 Å². The Kier molecular flexibility index (Phi) is 1.98. The Morgan fingerprint density at radius 2 is 2.31 bits per heavy atom. The maximum absolute atomic E-state index is 13.1. The number of carbonyl (C=O) groups is 1. The van der Waals surface area contributed by atoms with Gasteiger partial charge in [0.05, 0.1) is 17.7 Å². The predicted octanol–water partition coefficient (Wildman–Crippen LogP) is 1.50. The van der Waals surface area contributed by atoms with Crippen molar-refractivity contribution in [1.29, 1.82) is 0 Å². The summed E-state index contributed by atoms with van der Waals surface area (Å²) >= 11 is 0. The first-order valence-electron chi connectivity index (χ1n) is 3.80. The first-order chi connectivity index (χ1) is 6.33. The minimum absolute atomic E-state index is 0.0668. The highest BCUT2D eigenvalue weighted by Gasteiger charge is 2.18. The topological polar surface area (TPSA) is 35.5 Å². The SMILES string of the molecule is O=Cc1ccc(F)c2c1OCOC2. The summed E-state index contributed by atoms with van der Waals surface area (Å²) < 4.78 is 23.0. The number of carbonyl (C=O) groups excluding carboxylic acids is 1. The summed E-state index contributed by atoms with van der Waals surface area (Å²) in [5.74, 6) is -0.0958. The van der Waals surface area contributed by atoms with Gasteiger partial charge < -0.3 is 9.47 Å². The van der Waals surface area contributed by atoms with Gasteiger partial charge in [0.2, 0.25) is 0 Å². The maximum atomic E-state index is 13.1. The molecule has 0 amide bonds. The van der Waals surface area contributed by atoms with E-state index in [0.29, 0.717) is 23.2 Å². The number of fused-ring (bicyclic) bond motifs is 1. The largest absolute Gasteiger partial charge is 0.466 e. The monoisotopic (exact) mass is 182 g/mol. The van der Waals surface area contributed by atoms with Crippen LogP contribution in [0.15, 0.2) is 12.1 Å². The average molecular weight is 182 g/mol. The van der Waals surface area contributed by atoms with E-state index < -0.39 is 5.82 Å². The van der Waals surface area contributed by atoms with Gasteiger partial charge in [-0.25, -0.2) is 4.39 Å². The Labute approximate surface area is 74.1 Å². The molecule has 13 heavy (non-hydrogen) atoms. The van der Waals surface area contributed by atoms with Crippen LogP contribution in [0.1, 0.15) is 15.9 Å². The van der Waals surface area contributed by atoms with Crippen LogP contribution in [0.3, 0.4) is 0 Å². The molecule has 1 aliphatic rings. The van der Waals surface area contributed by atoms with E-state index in [9.17, 15) is 9.18 Å². The highest BCUT2D eigenvalue weighted by atomic mass is 19.1. The summed E-state index contributed by atoms with van der Waals surface area (Å²) in [6.45, 7) is 0.222. The van der Waals surface area contributed by atoms with Crippen molar-refractivity contribution in [2.75, 3.05) is 6.79 Å². The summed E-state index contributed by atoms with van der Waals surface area (Å²) in [4.78, 5) is 10.5. The summed E-state index contributed by atoms with van der Waals surface area (Å²) in [7, 11) is 0. The lowest BCUT2D eigenvalue weighted by Gasteiger charge is -2.19. The molecule has 0 N–H and O–H groups in total. The Balaban J connectivity index is 2.58. The van der Waals surface area contributed by atoms with Crippen molar-refractivity contribution in [3.63, 3.8) is 0 Å². The van der Waals surface area contributed by atoms with Crippen molar-refractivity contribution in [1.82, 2.24) is 0 Å². The average Bonchev–Trinajstić information content (AvgIpc) is 2.19. The fraction of sp³-hybridized carbons (Fsp3) is 0.222. The molecule has 2 rings (SSSR count). The Morgan fingerprint density at radius 3 is 3.08 bits per heavy atom. The minimum atomic E-state index is -0.402. The third-order valence-electron chi connectivity index (χ3n) is 1.89. The molecule has 1 aromatic carbocycles. The van der Waals surface area contributed by atoms with E-state index in [1.807, 2.05) is 0 Å². The number of aldehydes is 1. The smallest absolute Gasteiger partial charge is 0.189 e. The van der Waals surface area contributed by atoms with Crippen LogP contribution in [0.25, 0.3) is 0 Å². The van der Waals surface area contributed by atoms with E-state index in [4.69, 9.17) is 9.47 Å². The van der Waals surface area contributed by atoms with Crippen molar-refractivity contribution < 1.29 is 18.7 Å². The van der Waals surface area contributed by atoms with E-state index in [2.05, 4.69) is 0 Å². The standard InChI is InChI=1S/C9H7FO3/c10-8-2-1-6(3-11)9-7(8)4-12-5-13-9/h1-3H,4-5H2. The molecule has 0 saturated heterocycles. The van der Waals surface area contributed by atoms with E-state index >= 15 is 0 Å². The van der Waals surface area contributed by atoms with Crippen molar-refractivity contribution in [2.24, 2.45) is 0 Å². The van der Waals surface area contributed by atoms with Gasteiger partial charge in [-0.15, -0.1) is 0 Å². The van der Waals surface area contributed by atoms with Crippen LogP contribution in [0.2, 0.25) is 0 Å². The van der Waals surface area contributed by atoms with Gasteiger partial charge in [-0.2, -0.15) is 0 Å². The van der Waals surface area contributed by atoms with Gasteiger partial charge in [-0.1, -0.05) is 0 Å². The van der Waals surface area contributed by atoms with Crippen LogP contribution in [0.4, 0.5) is 4.39 Å². The number of ether oxygens (including phenoxy) is 2. The van der Waals surface area contributed by atoms with Gasteiger partial charge in [-0.05, 0) is 12.1 Å².